The second kappa shape index (κ2) is 25.0. The molecule has 0 aromatic carbocycles. The Balaban J connectivity index is 0. The van der Waals surface area contributed by atoms with Crippen molar-refractivity contribution in [3.8, 4) is 0 Å². The number of nitrogens with zero attached hydrogens (tertiary/aromatic N) is 1. The summed E-state index contributed by atoms with van der Waals surface area (Å²) in [6, 6.07) is 0. The van der Waals surface area contributed by atoms with E-state index in [0.29, 0.717) is 0 Å². The van der Waals surface area contributed by atoms with Crippen LogP contribution in [0.3, 0.4) is 0 Å². The van der Waals surface area contributed by atoms with Crippen molar-refractivity contribution in [2.45, 2.75) is 0 Å². The number of rotatable bonds is 0. The van der Waals surface area contributed by atoms with Crippen molar-refractivity contribution < 1.29 is 16.3 Å². The summed E-state index contributed by atoms with van der Waals surface area (Å²) in [6.45, 7) is 5.72. The van der Waals surface area contributed by atoms with Crippen LogP contribution in [0.15, 0.2) is 0 Å². The molecule has 0 fully saturated rings. The van der Waals surface area contributed by atoms with E-state index < -0.39 is 0 Å². The number of hydrogen-bond donors (Lipinski definition) is 0. The van der Waals surface area contributed by atoms with Gasteiger partial charge in [0.2, 0.25) is 0 Å². The van der Waals surface area contributed by atoms with Crippen LogP contribution >= 0.6 is 13.6 Å². The summed E-state index contributed by atoms with van der Waals surface area (Å²) >= 11 is 4.25. The molecule has 0 saturated heterocycles. The molecular formula is C2H2BrNZn. The monoisotopic (exact) mass is 183 g/mol. The molecule has 1 nitrogen and oxygen atoms in total. The van der Waals surface area contributed by atoms with E-state index in [2.05, 4.69) is 25.5 Å². The summed E-state index contributed by atoms with van der Waals surface area (Å²) in [4.78, 5) is 2.50. The third kappa shape index (κ3) is 126. The van der Waals surface area contributed by atoms with Crippen LogP contribution in [0.2, 0.25) is 0 Å². The first-order valence-corrected chi connectivity index (χ1v) is 7.76. The minimum absolute atomic E-state index is 1.19. The fourth-order valence-electron chi connectivity index (χ4n) is 0. The molecule has 0 aliphatic rings. The SMILES string of the molecule is [C-]#[N+][CH2-].[Zn+][Br]. The van der Waals surface area contributed by atoms with Crippen molar-refractivity contribution in [3.63, 3.8) is 0 Å². The molecular weight excluding hydrogens is 183 g/mol. The minimum atomic E-state index is 1.19. The van der Waals surface area contributed by atoms with E-state index in [1.165, 1.54) is 16.3 Å². The Kier molecular flexibility index (Phi) is 45.4. The van der Waals surface area contributed by atoms with Crippen LogP contribution in [0.4, 0.5) is 0 Å². The average Bonchev–Trinajstić information content (AvgIpc) is 1.46. The molecule has 0 spiro atoms. The molecule has 0 aromatic rings. The van der Waals surface area contributed by atoms with Gasteiger partial charge in [0.1, 0.15) is 0 Å². The maximum atomic E-state index is 5.72. The van der Waals surface area contributed by atoms with Gasteiger partial charge in [0, 0.05) is 0 Å². The Morgan fingerprint density at radius 2 is 1.80 bits per heavy atom. The van der Waals surface area contributed by atoms with Gasteiger partial charge in [-0.2, -0.15) is 0 Å². The van der Waals surface area contributed by atoms with Gasteiger partial charge < -0.3 is 4.85 Å². The Hall–Kier alpha value is 0.463. The Morgan fingerprint density at radius 1 is 1.80 bits per heavy atom. The van der Waals surface area contributed by atoms with Crippen LogP contribution in [0.25, 0.3) is 4.85 Å². The molecule has 0 aliphatic carbocycles. The predicted molar refractivity (Wildman–Crippen MR) is 20.9 cm³/mol. The molecule has 0 unspecified atom stereocenters. The Morgan fingerprint density at radius 3 is 1.80 bits per heavy atom. The van der Waals surface area contributed by atoms with E-state index >= 15 is 0 Å². The van der Waals surface area contributed by atoms with E-state index in [1.54, 1.807) is 0 Å². The summed E-state index contributed by atoms with van der Waals surface area (Å²) in [5, 5.41) is 0. The molecule has 3 heteroatoms. The molecule has 0 bridgehead atoms. The van der Waals surface area contributed by atoms with Gasteiger partial charge in [0.15, 0.2) is 0 Å². The van der Waals surface area contributed by atoms with E-state index in [-0.39, 0.29) is 0 Å². The fourth-order valence-corrected chi connectivity index (χ4v) is 0. The van der Waals surface area contributed by atoms with Gasteiger partial charge in [-0.3, -0.25) is 6.57 Å². The molecule has 0 saturated carbocycles. The molecule has 24 valence electrons. The number of hydrogen-bond acceptors (Lipinski definition) is 0. The molecule has 0 rings (SSSR count). The predicted octanol–water partition coefficient (Wildman–Crippen LogP) is 1.54. The normalized spacial score (nSPS) is 2.80. The van der Waals surface area contributed by atoms with Crippen LogP contribution in [0.1, 0.15) is 0 Å². The van der Waals surface area contributed by atoms with Crippen molar-refractivity contribution in [2.24, 2.45) is 0 Å². The van der Waals surface area contributed by atoms with Gasteiger partial charge in [-0.05, 0) is 0 Å². The zero-order chi connectivity index (χ0) is 4.71. The summed E-state index contributed by atoms with van der Waals surface area (Å²) in [7, 11) is 2.78. The summed E-state index contributed by atoms with van der Waals surface area (Å²) < 4.78 is 0. The van der Waals surface area contributed by atoms with Crippen molar-refractivity contribution in [1.82, 2.24) is 0 Å². The first-order chi connectivity index (χ1) is 2.41. The first-order valence-electron chi connectivity index (χ1n) is 0.807. The quantitative estimate of drug-likeness (QED) is 0.398. The van der Waals surface area contributed by atoms with Gasteiger partial charge in [0.25, 0.3) is 0 Å². The standard InChI is InChI=1S/C2H2N.BrH.Zn/c1-3-2;;/h1H2;1H;/q-1;;+2/p-1. The molecule has 0 atom stereocenters. The van der Waals surface area contributed by atoms with E-state index in [9.17, 15) is 0 Å². The van der Waals surface area contributed by atoms with Crippen LogP contribution in [-0.4, -0.2) is 0 Å². The first kappa shape index (κ1) is 9.07. The van der Waals surface area contributed by atoms with Gasteiger partial charge in [0.05, 0.1) is 0 Å². The molecule has 0 aliphatic heterocycles. The average molecular weight is 185 g/mol. The van der Waals surface area contributed by atoms with E-state index in [1.807, 2.05) is 0 Å². The molecule has 0 amide bonds. The summed E-state index contributed by atoms with van der Waals surface area (Å²) in [5.41, 5.74) is 0. The molecule has 0 N–H and O–H groups in total. The van der Waals surface area contributed by atoms with Gasteiger partial charge in [-0.1, -0.05) is 7.05 Å². The summed E-state index contributed by atoms with van der Waals surface area (Å²) in [5.74, 6) is 0. The third-order valence-electron chi connectivity index (χ3n) is 0. The second-order valence-corrected chi connectivity index (χ2v) is 0.158. The Bertz CT molecular complexity index is 31.1. The van der Waals surface area contributed by atoms with Crippen molar-refractivity contribution >= 4 is 13.6 Å². The topological polar surface area (TPSA) is 4.36 Å². The molecule has 0 heterocycles. The van der Waals surface area contributed by atoms with Crippen molar-refractivity contribution in [1.29, 1.82) is 0 Å². The molecule has 5 heavy (non-hydrogen) atoms. The molecule has 0 radical (unpaired) electrons. The van der Waals surface area contributed by atoms with Crippen LogP contribution in [0.5, 0.6) is 0 Å². The summed E-state index contributed by atoms with van der Waals surface area (Å²) in [6.07, 6.45) is 0. The number of halogens is 1. The second-order valence-electron chi connectivity index (χ2n) is 0.158. The van der Waals surface area contributed by atoms with Gasteiger partial charge >= 0.3 is 30.0 Å². The molecule has 0 aromatic heterocycles. The van der Waals surface area contributed by atoms with E-state index in [4.69, 9.17) is 6.57 Å². The van der Waals surface area contributed by atoms with Crippen molar-refractivity contribution in [2.75, 3.05) is 0 Å². The fraction of sp³-hybridized carbons (Fsp3) is 0. The third-order valence-corrected chi connectivity index (χ3v) is 0. The Labute approximate surface area is 48.6 Å². The van der Waals surface area contributed by atoms with Gasteiger partial charge in [-0.25, -0.2) is 0 Å². The van der Waals surface area contributed by atoms with Crippen LogP contribution in [-0.2, 0) is 16.3 Å². The maximum absolute atomic E-state index is 5.72. The zero-order valence-electron chi connectivity index (χ0n) is 2.74. The zero-order valence-corrected chi connectivity index (χ0v) is 7.29. The van der Waals surface area contributed by atoms with Crippen LogP contribution < -0.4 is 0 Å². The van der Waals surface area contributed by atoms with E-state index in [0.717, 1.165) is 0 Å². The van der Waals surface area contributed by atoms with Gasteiger partial charge in [-0.15, -0.1) is 0 Å². The van der Waals surface area contributed by atoms with Crippen LogP contribution in [0, 0.1) is 13.6 Å². The van der Waals surface area contributed by atoms with Crippen molar-refractivity contribution in [3.05, 3.63) is 18.5 Å².